The van der Waals surface area contributed by atoms with E-state index in [1.165, 1.54) is 19.5 Å². The predicted octanol–water partition coefficient (Wildman–Crippen LogP) is 2.25. The Hall–Kier alpha value is -1.35. The van der Waals surface area contributed by atoms with Crippen molar-refractivity contribution in [1.29, 1.82) is 0 Å². The molecule has 3 nitrogen and oxygen atoms in total. The summed E-state index contributed by atoms with van der Waals surface area (Å²) in [5, 5.41) is 3.44. The maximum Gasteiger partial charge on any atom is 0.159 e. The number of benzene rings is 1. The van der Waals surface area contributed by atoms with Gasteiger partial charge in [0, 0.05) is 24.3 Å². The molecule has 0 aromatic heterocycles. The van der Waals surface area contributed by atoms with Gasteiger partial charge in [0.25, 0.3) is 0 Å². The van der Waals surface area contributed by atoms with E-state index in [2.05, 4.69) is 17.3 Å². The number of hydrogen-bond donors (Lipinski definition) is 1. The van der Waals surface area contributed by atoms with Crippen molar-refractivity contribution >= 4 is 11.5 Å². The highest BCUT2D eigenvalue weighted by Gasteiger charge is 2.18. The summed E-state index contributed by atoms with van der Waals surface area (Å²) >= 11 is 0. The lowest BCUT2D eigenvalue weighted by Gasteiger charge is -2.12. The van der Waals surface area contributed by atoms with Crippen molar-refractivity contribution in [3.8, 4) is 0 Å². The van der Waals surface area contributed by atoms with E-state index < -0.39 is 0 Å². The molecule has 2 rings (SSSR count). The van der Waals surface area contributed by atoms with E-state index in [0.29, 0.717) is 0 Å². The number of carbonyl (C=O) groups excluding carboxylic acids is 1. The van der Waals surface area contributed by atoms with Gasteiger partial charge in [-0.3, -0.25) is 4.79 Å². The smallest absolute Gasteiger partial charge is 0.159 e. The predicted molar refractivity (Wildman–Crippen MR) is 70.5 cm³/mol. The first-order chi connectivity index (χ1) is 8.15. The van der Waals surface area contributed by atoms with Gasteiger partial charge in [-0.25, -0.2) is 0 Å². The van der Waals surface area contributed by atoms with Crippen LogP contribution in [0.15, 0.2) is 24.3 Å². The zero-order chi connectivity index (χ0) is 12.3. The third-order valence-corrected chi connectivity index (χ3v) is 3.38. The molecule has 0 amide bonds. The topological polar surface area (TPSA) is 32.3 Å². The second-order valence-corrected chi connectivity index (χ2v) is 4.93. The van der Waals surface area contributed by atoms with Crippen LogP contribution in [0.3, 0.4) is 0 Å². The number of nitrogens with zero attached hydrogens (tertiary/aromatic N) is 1. The molecule has 0 aliphatic carbocycles. The van der Waals surface area contributed by atoms with Crippen LogP contribution in [0.4, 0.5) is 5.69 Å². The zero-order valence-corrected chi connectivity index (χ0v) is 10.6. The van der Waals surface area contributed by atoms with Crippen LogP contribution >= 0.6 is 0 Å². The third kappa shape index (κ3) is 3.30. The normalized spacial score (nSPS) is 20.5. The molecule has 1 N–H and O–H groups in total. The third-order valence-electron chi connectivity index (χ3n) is 3.38. The molecular formula is C14H20N2O. The number of Topliss-reactive ketones (excluding diaryl/α,β-unsaturated/α-hetero) is 1. The molecule has 1 aromatic carbocycles. The monoisotopic (exact) mass is 232 g/mol. The number of hydrogen-bond acceptors (Lipinski definition) is 3. The molecule has 1 unspecified atom stereocenters. The maximum absolute atomic E-state index is 11.1. The van der Waals surface area contributed by atoms with Gasteiger partial charge in [-0.05, 0) is 57.1 Å². The van der Waals surface area contributed by atoms with Crippen LogP contribution in [0.5, 0.6) is 0 Å². The molecule has 1 atom stereocenters. The molecular weight excluding hydrogens is 212 g/mol. The average Bonchev–Trinajstić information content (AvgIpc) is 2.73. The zero-order valence-electron chi connectivity index (χ0n) is 10.6. The van der Waals surface area contributed by atoms with Gasteiger partial charge >= 0.3 is 0 Å². The fourth-order valence-corrected chi connectivity index (χ4v) is 2.28. The van der Waals surface area contributed by atoms with Gasteiger partial charge in [0.1, 0.15) is 0 Å². The van der Waals surface area contributed by atoms with Gasteiger partial charge < -0.3 is 10.2 Å². The Morgan fingerprint density at radius 3 is 2.65 bits per heavy atom. The van der Waals surface area contributed by atoms with Gasteiger partial charge in [-0.2, -0.15) is 0 Å². The van der Waals surface area contributed by atoms with Crippen LogP contribution in [-0.2, 0) is 0 Å². The first kappa shape index (κ1) is 12.1. The van der Waals surface area contributed by atoms with E-state index in [4.69, 9.17) is 0 Å². The SMILES string of the molecule is CC(=O)c1ccc(NCC2CCN(C)C2)cc1. The van der Waals surface area contributed by atoms with Crippen molar-refractivity contribution < 1.29 is 4.79 Å². The fourth-order valence-electron chi connectivity index (χ4n) is 2.28. The lowest BCUT2D eigenvalue weighted by molar-refractivity contribution is 0.101. The van der Waals surface area contributed by atoms with E-state index in [9.17, 15) is 4.79 Å². The first-order valence-corrected chi connectivity index (χ1v) is 6.18. The first-order valence-electron chi connectivity index (χ1n) is 6.18. The van der Waals surface area contributed by atoms with Crippen molar-refractivity contribution in [2.75, 3.05) is 32.0 Å². The number of ketones is 1. The lowest BCUT2D eigenvalue weighted by atomic mass is 10.1. The molecule has 1 heterocycles. The minimum Gasteiger partial charge on any atom is -0.385 e. The van der Waals surface area contributed by atoms with Crippen LogP contribution in [0.25, 0.3) is 0 Å². The highest BCUT2D eigenvalue weighted by Crippen LogP contribution is 2.16. The molecule has 92 valence electrons. The molecule has 0 bridgehead atoms. The molecule has 1 saturated heterocycles. The number of likely N-dealkylation sites (tertiary alicyclic amines) is 1. The van der Waals surface area contributed by atoms with E-state index in [0.717, 1.165) is 23.7 Å². The maximum atomic E-state index is 11.1. The molecule has 1 aliphatic rings. The standard InChI is InChI=1S/C14H20N2O/c1-11(17)13-3-5-14(6-4-13)15-9-12-7-8-16(2)10-12/h3-6,12,15H,7-10H2,1-2H3. The Kier molecular flexibility index (Phi) is 3.79. The van der Waals surface area contributed by atoms with Crippen molar-refractivity contribution in [2.45, 2.75) is 13.3 Å². The van der Waals surface area contributed by atoms with Crippen molar-refractivity contribution in [3.63, 3.8) is 0 Å². The molecule has 1 fully saturated rings. The summed E-state index contributed by atoms with van der Waals surface area (Å²) in [6, 6.07) is 7.72. The minimum absolute atomic E-state index is 0.119. The summed E-state index contributed by atoms with van der Waals surface area (Å²) in [7, 11) is 2.17. The molecule has 1 aliphatic heterocycles. The Balaban J connectivity index is 1.85. The largest absolute Gasteiger partial charge is 0.385 e. The highest BCUT2D eigenvalue weighted by atomic mass is 16.1. The summed E-state index contributed by atoms with van der Waals surface area (Å²) in [5.74, 6) is 0.862. The molecule has 0 saturated carbocycles. The fraction of sp³-hybridized carbons (Fsp3) is 0.500. The van der Waals surface area contributed by atoms with Crippen LogP contribution < -0.4 is 5.32 Å². The Labute approximate surface area is 103 Å². The number of rotatable bonds is 4. The Morgan fingerprint density at radius 2 is 2.12 bits per heavy atom. The van der Waals surface area contributed by atoms with E-state index in [-0.39, 0.29) is 5.78 Å². The van der Waals surface area contributed by atoms with Gasteiger partial charge in [-0.15, -0.1) is 0 Å². The number of carbonyl (C=O) groups is 1. The average molecular weight is 232 g/mol. The highest BCUT2D eigenvalue weighted by molar-refractivity contribution is 5.94. The van der Waals surface area contributed by atoms with Crippen LogP contribution in [0.2, 0.25) is 0 Å². The number of anilines is 1. The van der Waals surface area contributed by atoms with Gasteiger partial charge in [0.05, 0.1) is 0 Å². The summed E-state index contributed by atoms with van der Waals surface area (Å²) in [6.07, 6.45) is 1.27. The van der Waals surface area contributed by atoms with Crippen LogP contribution in [-0.4, -0.2) is 37.4 Å². The molecule has 0 spiro atoms. The quantitative estimate of drug-likeness (QED) is 0.808. The van der Waals surface area contributed by atoms with Crippen LogP contribution in [0, 0.1) is 5.92 Å². The van der Waals surface area contributed by atoms with Gasteiger partial charge in [0.2, 0.25) is 0 Å². The molecule has 17 heavy (non-hydrogen) atoms. The van der Waals surface area contributed by atoms with E-state index >= 15 is 0 Å². The van der Waals surface area contributed by atoms with E-state index in [1.807, 2.05) is 24.3 Å². The molecule has 0 radical (unpaired) electrons. The summed E-state index contributed by atoms with van der Waals surface area (Å²) < 4.78 is 0. The van der Waals surface area contributed by atoms with E-state index in [1.54, 1.807) is 6.92 Å². The molecule has 3 heteroatoms. The van der Waals surface area contributed by atoms with Gasteiger partial charge in [0.15, 0.2) is 5.78 Å². The van der Waals surface area contributed by atoms with Crippen molar-refractivity contribution in [2.24, 2.45) is 5.92 Å². The minimum atomic E-state index is 0.119. The number of nitrogens with one attached hydrogen (secondary N) is 1. The summed E-state index contributed by atoms with van der Waals surface area (Å²) in [6.45, 7) is 4.99. The molecule has 1 aromatic rings. The lowest BCUT2D eigenvalue weighted by Crippen LogP contribution is -2.19. The van der Waals surface area contributed by atoms with Crippen molar-refractivity contribution in [1.82, 2.24) is 4.90 Å². The van der Waals surface area contributed by atoms with Gasteiger partial charge in [-0.1, -0.05) is 0 Å². The van der Waals surface area contributed by atoms with Crippen molar-refractivity contribution in [3.05, 3.63) is 29.8 Å². The Bertz CT molecular complexity index is 386. The summed E-state index contributed by atoms with van der Waals surface area (Å²) in [4.78, 5) is 13.5. The van der Waals surface area contributed by atoms with Crippen LogP contribution in [0.1, 0.15) is 23.7 Å². The summed E-state index contributed by atoms with van der Waals surface area (Å²) in [5.41, 5.74) is 1.88. The second kappa shape index (κ2) is 5.32. The Morgan fingerprint density at radius 1 is 1.41 bits per heavy atom. The second-order valence-electron chi connectivity index (χ2n) is 4.93.